The van der Waals surface area contributed by atoms with Crippen LogP contribution in [0, 0.1) is 5.92 Å². The van der Waals surface area contributed by atoms with Crippen molar-refractivity contribution in [3.8, 4) is 5.75 Å². The Morgan fingerprint density at radius 1 is 0.893 bits per heavy atom. The molecule has 2 aliphatic heterocycles. The van der Waals surface area contributed by atoms with Gasteiger partial charge in [0.1, 0.15) is 12.4 Å². The van der Waals surface area contributed by atoms with Crippen LogP contribution in [0.1, 0.15) is 36.8 Å². The first-order valence-corrected chi connectivity index (χ1v) is 10.5. The maximum absolute atomic E-state index is 12.6. The largest absolute Gasteiger partial charge is 0.489 e. The van der Waals surface area contributed by atoms with Crippen LogP contribution in [0.25, 0.3) is 0 Å². The Balaban J connectivity index is 1.26. The molecule has 0 aromatic heterocycles. The summed E-state index contributed by atoms with van der Waals surface area (Å²) in [5.41, 5.74) is 2.45. The number of carbonyl (C=O) groups excluding carboxylic acids is 1. The summed E-state index contributed by atoms with van der Waals surface area (Å²) < 4.78 is 5.96. The normalized spacial score (nSPS) is 18.4. The summed E-state index contributed by atoms with van der Waals surface area (Å²) in [6.07, 6.45) is 4.32. The molecule has 4 rings (SSSR count). The predicted octanol–water partition coefficient (Wildman–Crippen LogP) is 4.10. The number of rotatable bonds is 6. The molecule has 1 amide bonds. The van der Waals surface area contributed by atoms with Gasteiger partial charge in [-0.3, -0.25) is 9.69 Å². The molecule has 4 heteroatoms. The van der Waals surface area contributed by atoms with Crippen LogP contribution in [-0.2, 0) is 17.9 Å². The molecule has 2 aromatic carbocycles. The Morgan fingerprint density at radius 3 is 2.36 bits per heavy atom. The molecule has 0 aliphatic carbocycles. The lowest BCUT2D eigenvalue weighted by atomic mass is 9.95. The zero-order valence-corrected chi connectivity index (χ0v) is 16.6. The second-order valence-electron chi connectivity index (χ2n) is 8.00. The molecule has 0 unspecified atom stereocenters. The van der Waals surface area contributed by atoms with Gasteiger partial charge in [-0.1, -0.05) is 42.5 Å². The maximum Gasteiger partial charge on any atom is 0.225 e. The van der Waals surface area contributed by atoms with Crippen LogP contribution in [0.5, 0.6) is 5.75 Å². The van der Waals surface area contributed by atoms with E-state index in [4.69, 9.17) is 4.74 Å². The third-order valence-corrected chi connectivity index (χ3v) is 5.91. The zero-order chi connectivity index (χ0) is 19.2. The second kappa shape index (κ2) is 9.24. The topological polar surface area (TPSA) is 32.8 Å². The Kier molecular flexibility index (Phi) is 6.27. The van der Waals surface area contributed by atoms with E-state index >= 15 is 0 Å². The Morgan fingerprint density at radius 2 is 1.61 bits per heavy atom. The van der Waals surface area contributed by atoms with Crippen LogP contribution in [0.3, 0.4) is 0 Å². The molecule has 2 aromatic rings. The summed E-state index contributed by atoms with van der Waals surface area (Å²) in [6, 6.07) is 18.6. The standard InChI is InChI=1S/C24H30N2O2/c27-24(26-13-4-5-14-26)22-11-15-25(16-12-22)18-21-9-6-10-23(17-21)28-19-20-7-2-1-3-8-20/h1-3,6-10,17,22H,4-5,11-16,18-19H2. The van der Waals surface area contributed by atoms with Crippen molar-refractivity contribution in [1.82, 2.24) is 9.80 Å². The van der Waals surface area contributed by atoms with Crippen LogP contribution >= 0.6 is 0 Å². The van der Waals surface area contributed by atoms with E-state index in [-0.39, 0.29) is 5.92 Å². The van der Waals surface area contributed by atoms with Gasteiger partial charge in [0.15, 0.2) is 0 Å². The molecule has 28 heavy (non-hydrogen) atoms. The number of ether oxygens (including phenoxy) is 1. The monoisotopic (exact) mass is 378 g/mol. The molecule has 2 heterocycles. The fourth-order valence-corrected chi connectivity index (χ4v) is 4.27. The molecular formula is C24H30N2O2. The van der Waals surface area contributed by atoms with Gasteiger partial charge in [0, 0.05) is 25.6 Å². The molecule has 2 saturated heterocycles. The van der Waals surface area contributed by atoms with E-state index < -0.39 is 0 Å². The lowest BCUT2D eigenvalue weighted by Gasteiger charge is -2.33. The highest BCUT2D eigenvalue weighted by atomic mass is 16.5. The lowest BCUT2D eigenvalue weighted by molar-refractivity contribution is -0.136. The summed E-state index contributed by atoms with van der Waals surface area (Å²) in [6.45, 7) is 5.45. The average Bonchev–Trinajstić information content (AvgIpc) is 3.28. The number of nitrogens with zero attached hydrogens (tertiary/aromatic N) is 2. The maximum atomic E-state index is 12.6. The minimum absolute atomic E-state index is 0.231. The molecule has 0 spiro atoms. The fourth-order valence-electron chi connectivity index (χ4n) is 4.27. The summed E-state index contributed by atoms with van der Waals surface area (Å²) in [4.78, 5) is 17.1. The number of benzene rings is 2. The van der Waals surface area contributed by atoms with Gasteiger partial charge in [-0.2, -0.15) is 0 Å². The highest BCUT2D eigenvalue weighted by Gasteiger charge is 2.29. The summed E-state index contributed by atoms with van der Waals surface area (Å²) >= 11 is 0. The summed E-state index contributed by atoms with van der Waals surface area (Å²) in [5, 5.41) is 0. The van der Waals surface area contributed by atoms with Gasteiger partial charge in [0.05, 0.1) is 0 Å². The van der Waals surface area contributed by atoms with Crippen molar-refractivity contribution < 1.29 is 9.53 Å². The van der Waals surface area contributed by atoms with Gasteiger partial charge in [-0.25, -0.2) is 0 Å². The Labute approximate surface area is 168 Å². The Hall–Kier alpha value is -2.33. The van der Waals surface area contributed by atoms with Crippen molar-refractivity contribution in [2.45, 2.75) is 38.8 Å². The number of hydrogen-bond donors (Lipinski definition) is 0. The molecule has 0 bridgehead atoms. The van der Waals surface area contributed by atoms with Crippen molar-refractivity contribution in [3.05, 3.63) is 65.7 Å². The van der Waals surface area contributed by atoms with Crippen LogP contribution < -0.4 is 4.74 Å². The van der Waals surface area contributed by atoms with E-state index in [1.165, 1.54) is 24.0 Å². The quantitative estimate of drug-likeness (QED) is 0.759. The lowest BCUT2D eigenvalue weighted by Crippen LogP contribution is -2.41. The van der Waals surface area contributed by atoms with Crippen LogP contribution in [-0.4, -0.2) is 41.9 Å². The van der Waals surface area contributed by atoms with E-state index in [2.05, 4.69) is 40.1 Å². The van der Waals surface area contributed by atoms with Gasteiger partial charge in [-0.05, 0) is 62.0 Å². The molecule has 148 valence electrons. The highest BCUT2D eigenvalue weighted by molar-refractivity contribution is 5.79. The van der Waals surface area contributed by atoms with E-state index in [0.717, 1.165) is 51.3 Å². The molecule has 0 saturated carbocycles. The van der Waals surface area contributed by atoms with Crippen LogP contribution in [0.2, 0.25) is 0 Å². The van der Waals surface area contributed by atoms with E-state index in [1.807, 2.05) is 24.3 Å². The first-order valence-electron chi connectivity index (χ1n) is 10.5. The minimum atomic E-state index is 0.231. The smallest absolute Gasteiger partial charge is 0.225 e. The number of hydrogen-bond acceptors (Lipinski definition) is 3. The van der Waals surface area contributed by atoms with Crippen molar-refractivity contribution >= 4 is 5.91 Å². The van der Waals surface area contributed by atoms with Crippen molar-refractivity contribution in [2.24, 2.45) is 5.92 Å². The first kappa shape index (κ1) is 19.0. The first-order chi connectivity index (χ1) is 13.8. The van der Waals surface area contributed by atoms with Gasteiger partial charge < -0.3 is 9.64 Å². The molecular weight excluding hydrogens is 348 g/mol. The van der Waals surface area contributed by atoms with Gasteiger partial charge in [-0.15, -0.1) is 0 Å². The SMILES string of the molecule is O=C(C1CCN(Cc2cccc(OCc3ccccc3)c2)CC1)N1CCCC1. The van der Waals surface area contributed by atoms with Crippen LogP contribution in [0.15, 0.2) is 54.6 Å². The Bertz CT molecular complexity index is 763. The van der Waals surface area contributed by atoms with Crippen molar-refractivity contribution in [2.75, 3.05) is 26.2 Å². The molecule has 4 nitrogen and oxygen atoms in total. The fraction of sp³-hybridized carbons (Fsp3) is 0.458. The number of amides is 1. The molecule has 0 atom stereocenters. The van der Waals surface area contributed by atoms with E-state index in [1.54, 1.807) is 0 Å². The third-order valence-electron chi connectivity index (χ3n) is 5.91. The third kappa shape index (κ3) is 4.93. The molecule has 0 radical (unpaired) electrons. The molecule has 0 N–H and O–H groups in total. The van der Waals surface area contributed by atoms with Crippen LogP contribution in [0.4, 0.5) is 0 Å². The van der Waals surface area contributed by atoms with Gasteiger partial charge in [0.25, 0.3) is 0 Å². The van der Waals surface area contributed by atoms with Gasteiger partial charge >= 0.3 is 0 Å². The number of piperidine rings is 1. The number of carbonyl (C=O) groups is 1. The molecule has 2 fully saturated rings. The number of likely N-dealkylation sites (tertiary alicyclic amines) is 2. The second-order valence-corrected chi connectivity index (χ2v) is 8.00. The average molecular weight is 379 g/mol. The zero-order valence-electron chi connectivity index (χ0n) is 16.6. The summed E-state index contributed by atoms with van der Waals surface area (Å²) in [5.74, 6) is 1.55. The van der Waals surface area contributed by atoms with Gasteiger partial charge in [0.2, 0.25) is 5.91 Å². The molecule has 2 aliphatic rings. The predicted molar refractivity (Wildman–Crippen MR) is 111 cm³/mol. The van der Waals surface area contributed by atoms with Crippen molar-refractivity contribution in [3.63, 3.8) is 0 Å². The summed E-state index contributed by atoms with van der Waals surface area (Å²) in [7, 11) is 0. The van der Waals surface area contributed by atoms with E-state index in [0.29, 0.717) is 12.5 Å². The van der Waals surface area contributed by atoms with Crippen molar-refractivity contribution in [1.29, 1.82) is 0 Å². The van der Waals surface area contributed by atoms with E-state index in [9.17, 15) is 4.79 Å². The highest BCUT2D eigenvalue weighted by Crippen LogP contribution is 2.24. The minimum Gasteiger partial charge on any atom is -0.489 e.